The largest absolute Gasteiger partial charge is 0.469 e. The van der Waals surface area contributed by atoms with Crippen LogP contribution in [0.15, 0.2) is 11.8 Å². The van der Waals surface area contributed by atoms with E-state index in [1.54, 1.807) is 6.08 Å². The lowest BCUT2D eigenvalue weighted by Gasteiger charge is -2.33. The molecule has 0 aromatic heterocycles. The SMILES string of the molecule is COC(=O)C1CCN(C2=CC(=O)CC2)CC1. The summed E-state index contributed by atoms with van der Waals surface area (Å²) in [5, 5.41) is 0. The van der Waals surface area contributed by atoms with Crippen molar-refractivity contribution in [3.05, 3.63) is 11.8 Å². The first-order valence-electron chi connectivity index (χ1n) is 5.77. The summed E-state index contributed by atoms with van der Waals surface area (Å²) in [6, 6.07) is 0. The highest BCUT2D eigenvalue weighted by molar-refractivity contribution is 5.92. The number of ether oxygens (including phenoxy) is 1. The molecule has 1 aliphatic carbocycles. The maximum absolute atomic E-state index is 11.3. The van der Waals surface area contributed by atoms with Crippen LogP contribution < -0.4 is 0 Å². The van der Waals surface area contributed by atoms with Crippen molar-refractivity contribution in [3.63, 3.8) is 0 Å². The van der Waals surface area contributed by atoms with Crippen LogP contribution in [0.3, 0.4) is 0 Å². The predicted molar refractivity (Wildman–Crippen MR) is 58.6 cm³/mol. The normalized spacial score (nSPS) is 22.2. The standard InChI is InChI=1S/C12H17NO3/c1-16-12(15)9-4-6-13(7-5-9)10-2-3-11(14)8-10/h8-9H,2-7H2,1H3. The van der Waals surface area contributed by atoms with Gasteiger partial charge in [0, 0.05) is 31.3 Å². The molecule has 0 aromatic carbocycles. The summed E-state index contributed by atoms with van der Waals surface area (Å²) in [5.74, 6) is 0.167. The van der Waals surface area contributed by atoms with E-state index in [9.17, 15) is 9.59 Å². The molecule has 0 spiro atoms. The minimum Gasteiger partial charge on any atom is -0.469 e. The summed E-state index contributed by atoms with van der Waals surface area (Å²) in [5.41, 5.74) is 1.15. The smallest absolute Gasteiger partial charge is 0.308 e. The topological polar surface area (TPSA) is 46.6 Å². The number of methoxy groups -OCH3 is 1. The van der Waals surface area contributed by atoms with Gasteiger partial charge in [-0.3, -0.25) is 9.59 Å². The average molecular weight is 223 g/mol. The fourth-order valence-electron chi connectivity index (χ4n) is 2.40. The van der Waals surface area contributed by atoms with Crippen molar-refractivity contribution in [2.24, 2.45) is 5.92 Å². The van der Waals surface area contributed by atoms with Crippen molar-refractivity contribution in [2.45, 2.75) is 25.7 Å². The Bertz CT molecular complexity index is 327. The van der Waals surface area contributed by atoms with Gasteiger partial charge in [-0.1, -0.05) is 0 Å². The number of rotatable bonds is 2. The molecule has 1 aliphatic heterocycles. The van der Waals surface area contributed by atoms with Crippen LogP contribution in [0.5, 0.6) is 0 Å². The second kappa shape index (κ2) is 4.68. The molecule has 16 heavy (non-hydrogen) atoms. The Balaban J connectivity index is 1.88. The molecule has 0 bridgehead atoms. The summed E-state index contributed by atoms with van der Waals surface area (Å²) in [4.78, 5) is 24.7. The molecule has 4 nitrogen and oxygen atoms in total. The maximum atomic E-state index is 11.3. The van der Waals surface area contributed by atoms with Gasteiger partial charge in [0.05, 0.1) is 13.0 Å². The third kappa shape index (κ3) is 2.26. The Morgan fingerprint density at radius 1 is 1.38 bits per heavy atom. The lowest BCUT2D eigenvalue weighted by molar-refractivity contribution is -0.146. The highest BCUT2D eigenvalue weighted by Crippen LogP contribution is 2.26. The third-order valence-corrected chi connectivity index (χ3v) is 3.39. The van der Waals surface area contributed by atoms with Crippen LogP contribution in [0.1, 0.15) is 25.7 Å². The molecule has 0 amide bonds. The van der Waals surface area contributed by atoms with Crippen molar-refractivity contribution in [2.75, 3.05) is 20.2 Å². The zero-order valence-electron chi connectivity index (χ0n) is 9.57. The number of likely N-dealkylation sites (tertiary alicyclic amines) is 1. The van der Waals surface area contributed by atoms with E-state index in [4.69, 9.17) is 4.74 Å². The quantitative estimate of drug-likeness (QED) is 0.658. The summed E-state index contributed by atoms with van der Waals surface area (Å²) in [6.45, 7) is 1.72. The zero-order valence-corrected chi connectivity index (χ0v) is 9.57. The number of hydrogen-bond acceptors (Lipinski definition) is 4. The molecule has 0 radical (unpaired) electrons. The van der Waals surface area contributed by atoms with Crippen molar-refractivity contribution in [1.29, 1.82) is 0 Å². The maximum Gasteiger partial charge on any atom is 0.308 e. The van der Waals surface area contributed by atoms with Crippen molar-refractivity contribution in [1.82, 2.24) is 4.90 Å². The molecule has 0 atom stereocenters. The van der Waals surface area contributed by atoms with Crippen LogP contribution >= 0.6 is 0 Å². The second-order valence-corrected chi connectivity index (χ2v) is 4.39. The lowest BCUT2D eigenvalue weighted by Crippen LogP contribution is -2.35. The van der Waals surface area contributed by atoms with Gasteiger partial charge in [-0.05, 0) is 19.3 Å². The monoisotopic (exact) mass is 223 g/mol. The Labute approximate surface area is 95.2 Å². The average Bonchev–Trinajstić information content (AvgIpc) is 2.75. The Hall–Kier alpha value is -1.32. The molecular weight excluding hydrogens is 206 g/mol. The van der Waals surface area contributed by atoms with Gasteiger partial charge in [0.1, 0.15) is 0 Å². The second-order valence-electron chi connectivity index (χ2n) is 4.39. The molecule has 2 aliphatic rings. The number of piperidine rings is 1. The minimum absolute atomic E-state index is 0.0407. The summed E-state index contributed by atoms with van der Waals surface area (Å²) >= 11 is 0. The Kier molecular flexibility index (Phi) is 3.27. The highest BCUT2D eigenvalue weighted by atomic mass is 16.5. The third-order valence-electron chi connectivity index (χ3n) is 3.39. The van der Waals surface area contributed by atoms with Crippen LogP contribution in [-0.4, -0.2) is 36.9 Å². The van der Waals surface area contributed by atoms with Crippen LogP contribution in [0.25, 0.3) is 0 Å². The van der Waals surface area contributed by atoms with E-state index in [0.717, 1.165) is 38.0 Å². The number of carbonyl (C=O) groups excluding carboxylic acids is 2. The molecule has 0 unspecified atom stereocenters. The summed E-state index contributed by atoms with van der Waals surface area (Å²) < 4.78 is 4.74. The summed E-state index contributed by atoms with van der Waals surface area (Å²) in [6.07, 6.45) is 4.92. The predicted octanol–water partition coefficient (Wildman–Crippen LogP) is 1.12. The van der Waals surface area contributed by atoms with Gasteiger partial charge in [-0.25, -0.2) is 0 Å². The van der Waals surface area contributed by atoms with Gasteiger partial charge < -0.3 is 9.64 Å². The van der Waals surface area contributed by atoms with E-state index in [1.165, 1.54) is 7.11 Å². The molecule has 4 heteroatoms. The molecule has 88 valence electrons. The Morgan fingerprint density at radius 2 is 2.06 bits per heavy atom. The van der Waals surface area contributed by atoms with Gasteiger partial charge in [0.15, 0.2) is 5.78 Å². The van der Waals surface area contributed by atoms with Crippen LogP contribution in [0.2, 0.25) is 0 Å². The number of hydrogen-bond donors (Lipinski definition) is 0. The first-order chi connectivity index (χ1) is 7.70. The van der Waals surface area contributed by atoms with Crippen molar-refractivity contribution < 1.29 is 14.3 Å². The van der Waals surface area contributed by atoms with E-state index in [-0.39, 0.29) is 17.7 Å². The van der Waals surface area contributed by atoms with Crippen LogP contribution in [-0.2, 0) is 14.3 Å². The van der Waals surface area contributed by atoms with Gasteiger partial charge in [0.25, 0.3) is 0 Å². The fourth-order valence-corrected chi connectivity index (χ4v) is 2.40. The molecule has 1 heterocycles. The molecule has 1 saturated heterocycles. The molecule has 1 fully saturated rings. The van der Waals surface area contributed by atoms with Crippen LogP contribution in [0.4, 0.5) is 0 Å². The molecule has 2 rings (SSSR count). The van der Waals surface area contributed by atoms with Crippen LogP contribution in [0, 0.1) is 5.92 Å². The first kappa shape index (κ1) is 11.2. The van der Waals surface area contributed by atoms with E-state index >= 15 is 0 Å². The molecule has 0 N–H and O–H groups in total. The van der Waals surface area contributed by atoms with Crippen molar-refractivity contribution in [3.8, 4) is 0 Å². The Morgan fingerprint density at radius 3 is 2.56 bits per heavy atom. The van der Waals surface area contributed by atoms with E-state index in [0.29, 0.717) is 6.42 Å². The van der Waals surface area contributed by atoms with Gasteiger partial charge in [0.2, 0.25) is 0 Å². The van der Waals surface area contributed by atoms with E-state index in [2.05, 4.69) is 4.90 Å². The highest BCUT2D eigenvalue weighted by Gasteiger charge is 2.27. The fraction of sp³-hybridized carbons (Fsp3) is 0.667. The first-order valence-corrected chi connectivity index (χ1v) is 5.77. The number of ketones is 1. The number of allylic oxidation sites excluding steroid dienone is 2. The van der Waals surface area contributed by atoms with Crippen molar-refractivity contribution >= 4 is 11.8 Å². The molecule has 0 aromatic rings. The number of esters is 1. The minimum atomic E-state index is -0.101. The number of carbonyl (C=O) groups is 2. The van der Waals surface area contributed by atoms with Gasteiger partial charge in [-0.15, -0.1) is 0 Å². The lowest BCUT2D eigenvalue weighted by atomic mass is 9.96. The van der Waals surface area contributed by atoms with Gasteiger partial charge >= 0.3 is 5.97 Å². The molecular formula is C12H17NO3. The van der Waals surface area contributed by atoms with Gasteiger partial charge in [-0.2, -0.15) is 0 Å². The van der Waals surface area contributed by atoms with E-state index < -0.39 is 0 Å². The van der Waals surface area contributed by atoms with E-state index in [1.807, 2.05) is 0 Å². The number of nitrogens with zero attached hydrogens (tertiary/aromatic N) is 1. The summed E-state index contributed by atoms with van der Waals surface area (Å²) in [7, 11) is 1.44. The zero-order chi connectivity index (χ0) is 11.5. The molecule has 0 saturated carbocycles.